The highest BCUT2D eigenvalue weighted by atomic mass is 35.5. The Morgan fingerprint density at radius 2 is 2.18 bits per heavy atom. The SMILES string of the molecule is CN(C)C(=O)c1ccc(CC2CNC2)cc1Cl. The monoisotopic (exact) mass is 252 g/mol. The molecule has 0 aliphatic carbocycles. The lowest BCUT2D eigenvalue weighted by Gasteiger charge is -2.27. The Hall–Kier alpha value is -1.06. The van der Waals surface area contributed by atoms with Crippen molar-refractivity contribution in [3.63, 3.8) is 0 Å². The number of rotatable bonds is 3. The van der Waals surface area contributed by atoms with Gasteiger partial charge in [-0.05, 0) is 43.1 Å². The third kappa shape index (κ3) is 2.79. The predicted molar refractivity (Wildman–Crippen MR) is 69.5 cm³/mol. The Labute approximate surface area is 107 Å². The van der Waals surface area contributed by atoms with E-state index in [1.807, 2.05) is 18.2 Å². The van der Waals surface area contributed by atoms with Crippen molar-refractivity contribution in [1.29, 1.82) is 0 Å². The average molecular weight is 253 g/mol. The molecular formula is C13H17ClN2O. The second kappa shape index (κ2) is 5.07. The number of nitrogens with one attached hydrogen (secondary N) is 1. The zero-order valence-corrected chi connectivity index (χ0v) is 10.9. The zero-order chi connectivity index (χ0) is 12.4. The first kappa shape index (κ1) is 12.4. The first-order valence-electron chi connectivity index (χ1n) is 5.78. The van der Waals surface area contributed by atoms with Crippen LogP contribution in [0.3, 0.4) is 0 Å². The molecule has 0 atom stereocenters. The number of hydrogen-bond donors (Lipinski definition) is 1. The molecule has 1 heterocycles. The second-order valence-electron chi connectivity index (χ2n) is 4.74. The molecule has 3 nitrogen and oxygen atoms in total. The summed E-state index contributed by atoms with van der Waals surface area (Å²) in [7, 11) is 3.46. The summed E-state index contributed by atoms with van der Waals surface area (Å²) in [6.45, 7) is 2.16. The highest BCUT2D eigenvalue weighted by Gasteiger charge is 2.18. The highest BCUT2D eigenvalue weighted by Crippen LogP contribution is 2.21. The van der Waals surface area contributed by atoms with E-state index in [0.717, 1.165) is 19.5 Å². The molecule has 1 aromatic carbocycles. The van der Waals surface area contributed by atoms with E-state index in [2.05, 4.69) is 5.32 Å². The maximum atomic E-state index is 11.8. The van der Waals surface area contributed by atoms with E-state index in [1.54, 1.807) is 14.1 Å². The van der Waals surface area contributed by atoms with Gasteiger partial charge in [0.1, 0.15) is 0 Å². The molecule has 0 spiro atoms. The van der Waals surface area contributed by atoms with Crippen molar-refractivity contribution in [1.82, 2.24) is 10.2 Å². The van der Waals surface area contributed by atoms with Crippen molar-refractivity contribution < 1.29 is 4.79 Å². The first-order chi connectivity index (χ1) is 8.08. The fourth-order valence-electron chi connectivity index (χ4n) is 1.93. The summed E-state index contributed by atoms with van der Waals surface area (Å²) in [5.41, 5.74) is 1.78. The summed E-state index contributed by atoms with van der Waals surface area (Å²) in [5.74, 6) is 0.660. The molecule has 1 saturated heterocycles. The summed E-state index contributed by atoms with van der Waals surface area (Å²) in [6, 6.07) is 5.74. The summed E-state index contributed by atoms with van der Waals surface area (Å²) in [6.07, 6.45) is 1.03. The number of nitrogens with zero attached hydrogens (tertiary/aromatic N) is 1. The van der Waals surface area contributed by atoms with Crippen molar-refractivity contribution in [3.8, 4) is 0 Å². The molecular weight excluding hydrogens is 236 g/mol. The Bertz CT molecular complexity index is 427. The van der Waals surface area contributed by atoms with Gasteiger partial charge in [0.15, 0.2) is 0 Å². The third-order valence-corrected chi connectivity index (χ3v) is 3.37. The Morgan fingerprint density at radius 1 is 1.47 bits per heavy atom. The smallest absolute Gasteiger partial charge is 0.254 e. The molecule has 1 N–H and O–H groups in total. The molecule has 92 valence electrons. The van der Waals surface area contributed by atoms with Crippen LogP contribution in [0.25, 0.3) is 0 Å². The van der Waals surface area contributed by atoms with Crippen LogP contribution in [0.15, 0.2) is 18.2 Å². The van der Waals surface area contributed by atoms with Gasteiger partial charge in [0.25, 0.3) is 5.91 Å². The van der Waals surface area contributed by atoms with Crippen molar-refractivity contribution in [2.24, 2.45) is 5.92 Å². The Morgan fingerprint density at radius 3 is 2.65 bits per heavy atom. The Balaban J connectivity index is 2.13. The summed E-state index contributed by atoms with van der Waals surface area (Å²) < 4.78 is 0. The van der Waals surface area contributed by atoms with Crippen LogP contribution in [-0.4, -0.2) is 38.0 Å². The van der Waals surface area contributed by atoms with Gasteiger partial charge < -0.3 is 10.2 Å². The van der Waals surface area contributed by atoms with Crippen molar-refractivity contribution in [2.75, 3.05) is 27.2 Å². The predicted octanol–water partition coefficient (Wildman–Crippen LogP) is 1.80. The molecule has 0 bridgehead atoms. The Kier molecular flexibility index (Phi) is 3.69. The zero-order valence-electron chi connectivity index (χ0n) is 10.2. The summed E-state index contributed by atoms with van der Waals surface area (Å²) >= 11 is 6.15. The van der Waals surface area contributed by atoms with Crippen LogP contribution < -0.4 is 5.32 Å². The minimum atomic E-state index is -0.0492. The first-order valence-corrected chi connectivity index (χ1v) is 6.16. The van der Waals surface area contributed by atoms with Crippen LogP contribution in [0, 0.1) is 5.92 Å². The molecule has 0 saturated carbocycles. The normalized spacial score (nSPS) is 15.5. The quantitative estimate of drug-likeness (QED) is 0.890. The van der Waals surface area contributed by atoms with Crippen LogP contribution in [-0.2, 0) is 6.42 Å². The standard InChI is InChI=1S/C13H17ClN2O/c1-16(2)13(17)11-4-3-9(6-12(11)14)5-10-7-15-8-10/h3-4,6,10,15H,5,7-8H2,1-2H3. The van der Waals surface area contributed by atoms with Gasteiger partial charge in [-0.3, -0.25) is 4.79 Å². The van der Waals surface area contributed by atoms with Gasteiger partial charge >= 0.3 is 0 Å². The fourth-order valence-corrected chi connectivity index (χ4v) is 2.21. The molecule has 0 unspecified atom stereocenters. The maximum Gasteiger partial charge on any atom is 0.254 e. The second-order valence-corrected chi connectivity index (χ2v) is 5.15. The summed E-state index contributed by atoms with van der Waals surface area (Å²) in [5, 5.41) is 3.80. The fraction of sp³-hybridized carbons (Fsp3) is 0.462. The highest BCUT2D eigenvalue weighted by molar-refractivity contribution is 6.33. The van der Waals surface area contributed by atoms with E-state index >= 15 is 0 Å². The van der Waals surface area contributed by atoms with Gasteiger partial charge in [-0.1, -0.05) is 17.7 Å². The lowest BCUT2D eigenvalue weighted by molar-refractivity contribution is 0.0828. The summed E-state index contributed by atoms with van der Waals surface area (Å²) in [4.78, 5) is 13.3. The van der Waals surface area contributed by atoms with Crippen LogP contribution in [0.2, 0.25) is 5.02 Å². The van der Waals surface area contributed by atoms with Gasteiger partial charge in [-0.15, -0.1) is 0 Å². The van der Waals surface area contributed by atoms with Crippen LogP contribution >= 0.6 is 11.6 Å². The molecule has 0 aromatic heterocycles. The van der Waals surface area contributed by atoms with Gasteiger partial charge in [-0.2, -0.15) is 0 Å². The molecule has 1 fully saturated rings. The number of hydrogen-bond acceptors (Lipinski definition) is 2. The van der Waals surface area contributed by atoms with Gasteiger partial charge in [0, 0.05) is 14.1 Å². The minimum Gasteiger partial charge on any atom is -0.345 e. The molecule has 17 heavy (non-hydrogen) atoms. The molecule has 1 aliphatic heterocycles. The van der Waals surface area contributed by atoms with Gasteiger partial charge in [0.05, 0.1) is 10.6 Å². The number of carbonyl (C=O) groups excluding carboxylic acids is 1. The van der Waals surface area contributed by atoms with E-state index in [9.17, 15) is 4.79 Å². The van der Waals surface area contributed by atoms with E-state index in [-0.39, 0.29) is 5.91 Å². The molecule has 1 aromatic rings. The topological polar surface area (TPSA) is 32.3 Å². The van der Waals surface area contributed by atoms with Crippen LogP contribution in [0.4, 0.5) is 0 Å². The lowest BCUT2D eigenvalue weighted by atomic mass is 9.94. The van der Waals surface area contributed by atoms with Crippen molar-refractivity contribution >= 4 is 17.5 Å². The van der Waals surface area contributed by atoms with E-state index in [0.29, 0.717) is 16.5 Å². The molecule has 0 radical (unpaired) electrons. The maximum absolute atomic E-state index is 11.8. The van der Waals surface area contributed by atoms with Crippen molar-refractivity contribution in [3.05, 3.63) is 34.3 Å². The van der Waals surface area contributed by atoms with Gasteiger partial charge in [0.2, 0.25) is 0 Å². The molecule has 1 amide bonds. The van der Waals surface area contributed by atoms with E-state index < -0.39 is 0 Å². The molecule has 1 aliphatic rings. The molecule has 2 rings (SSSR count). The minimum absolute atomic E-state index is 0.0492. The molecule has 4 heteroatoms. The van der Waals surface area contributed by atoms with Crippen molar-refractivity contribution in [2.45, 2.75) is 6.42 Å². The average Bonchev–Trinajstić information content (AvgIpc) is 2.22. The largest absolute Gasteiger partial charge is 0.345 e. The van der Waals surface area contributed by atoms with Crippen LogP contribution in [0.5, 0.6) is 0 Å². The van der Waals surface area contributed by atoms with Gasteiger partial charge in [-0.25, -0.2) is 0 Å². The van der Waals surface area contributed by atoms with Crippen LogP contribution in [0.1, 0.15) is 15.9 Å². The van der Waals surface area contributed by atoms with E-state index in [4.69, 9.17) is 11.6 Å². The number of benzene rings is 1. The number of carbonyl (C=O) groups is 1. The number of halogens is 1. The third-order valence-electron chi connectivity index (χ3n) is 3.06. The lowest BCUT2D eigenvalue weighted by Crippen LogP contribution is -2.43. The van der Waals surface area contributed by atoms with E-state index in [1.165, 1.54) is 10.5 Å². The number of amides is 1.